The number of carbonyl (C=O) groups is 4. The zero-order valence-electron chi connectivity index (χ0n) is 26.0. The number of cyclic esters (lactones) is 1. The van der Waals surface area contributed by atoms with Crippen LogP contribution in [-0.2, 0) is 28.7 Å². The topological polar surface area (TPSA) is 125 Å². The third-order valence-corrected chi connectivity index (χ3v) is 10.2. The molecule has 5 aliphatic rings. The normalized spacial score (nSPS) is 35.0. The van der Waals surface area contributed by atoms with Gasteiger partial charge in [0.15, 0.2) is 0 Å². The fourth-order valence-corrected chi connectivity index (χ4v) is 8.05. The molecule has 10 heteroatoms. The SMILES string of the molecule is C[C@H]1NC(=O)CC/C=C\CN(C2CCCCC2)C(=O)[C@@H]2N(CCCCO)C(=O)[C@H]3[C@H](C(=O)O[C@@H]1c1ccccc1)[C@@H]1C=C[C@]23O1. The van der Waals surface area contributed by atoms with Crippen molar-refractivity contribution < 1.29 is 33.8 Å². The van der Waals surface area contributed by atoms with Crippen molar-refractivity contribution in [1.29, 1.82) is 0 Å². The molecule has 1 aromatic carbocycles. The maximum Gasteiger partial charge on any atom is 0.313 e. The van der Waals surface area contributed by atoms with Gasteiger partial charge in [-0.05, 0) is 44.6 Å². The van der Waals surface area contributed by atoms with Gasteiger partial charge in [0.05, 0.1) is 18.1 Å². The number of aliphatic hydroxyl groups is 1. The van der Waals surface area contributed by atoms with Crippen LogP contribution in [0.25, 0.3) is 0 Å². The number of esters is 1. The Bertz CT molecular complexity index is 1330. The zero-order chi connectivity index (χ0) is 31.6. The van der Waals surface area contributed by atoms with Gasteiger partial charge in [0.1, 0.15) is 23.7 Å². The highest BCUT2D eigenvalue weighted by Gasteiger charge is 2.73. The standard InChI is InChI=1S/C35H45N3O7/c1-23-30(24-13-5-2-6-14-24)44-34(43)28-26-18-19-35(45-26)29(28)32(41)38(21-11-12-22-39)31(35)33(42)37(25-15-7-3-8-16-25)20-10-4-9-17-27(40)36-23/h2,4-6,10,13-14,18-19,23,25-26,28-31,39H,3,7-9,11-12,15-17,20-22H2,1H3,(H,36,40)/b10-4-/t23-,26+,28-,29-,30+,31+,35-/m1/s1. The monoisotopic (exact) mass is 619 g/mol. The molecule has 1 spiro atoms. The molecule has 4 heterocycles. The molecule has 4 aliphatic heterocycles. The van der Waals surface area contributed by atoms with Crippen molar-refractivity contribution in [3.8, 4) is 0 Å². The summed E-state index contributed by atoms with van der Waals surface area (Å²) in [6.07, 6.45) is 12.8. The second-order valence-corrected chi connectivity index (χ2v) is 13.1. The van der Waals surface area contributed by atoms with Crippen molar-refractivity contribution in [2.45, 2.75) is 101 Å². The molecule has 2 saturated heterocycles. The number of aliphatic hydroxyl groups excluding tert-OH is 1. The van der Waals surface area contributed by atoms with Gasteiger partial charge in [0.2, 0.25) is 17.7 Å². The number of amides is 3. The number of hydrogen-bond donors (Lipinski definition) is 2. The minimum absolute atomic E-state index is 0.0166. The molecule has 1 aliphatic carbocycles. The van der Waals surface area contributed by atoms with Gasteiger partial charge in [-0.1, -0.05) is 73.9 Å². The molecule has 5 bridgehead atoms. The molecule has 3 fully saturated rings. The van der Waals surface area contributed by atoms with Crippen LogP contribution in [0.4, 0.5) is 0 Å². The number of hydrogen-bond acceptors (Lipinski definition) is 7. The molecular weight excluding hydrogens is 574 g/mol. The van der Waals surface area contributed by atoms with Crippen molar-refractivity contribution in [1.82, 2.24) is 15.1 Å². The number of rotatable bonds is 6. The largest absolute Gasteiger partial charge is 0.455 e. The fraction of sp³-hybridized carbons (Fsp3) is 0.600. The van der Waals surface area contributed by atoms with E-state index in [-0.39, 0.29) is 43.3 Å². The van der Waals surface area contributed by atoms with E-state index in [4.69, 9.17) is 9.47 Å². The lowest BCUT2D eigenvalue weighted by Crippen LogP contribution is -2.58. The lowest BCUT2D eigenvalue weighted by atomic mass is 9.74. The fourth-order valence-electron chi connectivity index (χ4n) is 8.05. The molecule has 3 amide bonds. The molecular formula is C35H45N3O7. The van der Waals surface area contributed by atoms with E-state index in [0.29, 0.717) is 25.8 Å². The smallest absolute Gasteiger partial charge is 0.313 e. The molecule has 45 heavy (non-hydrogen) atoms. The van der Waals surface area contributed by atoms with Gasteiger partial charge in [0, 0.05) is 32.2 Å². The van der Waals surface area contributed by atoms with Gasteiger partial charge < -0.3 is 29.7 Å². The lowest BCUT2D eigenvalue weighted by molar-refractivity contribution is -0.161. The Morgan fingerprint density at radius 1 is 1.00 bits per heavy atom. The summed E-state index contributed by atoms with van der Waals surface area (Å²) in [5, 5.41) is 12.5. The summed E-state index contributed by atoms with van der Waals surface area (Å²) >= 11 is 0. The molecule has 7 atom stereocenters. The second-order valence-electron chi connectivity index (χ2n) is 13.1. The quantitative estimate of drug-likeness (QED) is 0.285. The van der Waals surface area contributed by atoms with Crippen LogP contribution in [0.2, 0.25) is 0 Å². The van der Waals surface area contributed by atoms with Crippen LogP contribution in [0.1, 0.15) is 76.4 Å². The highest BCUT2D eigenvalue weighted by atomic mass is 16.6. The van der Waals surface area contributed by atoms with E-state index in [0.717, 1.165) is 37.7 Å². The number of benzene rings is 1. The van der Waals surface area contributed by atoms with E-state index < -0.39 is 47.7 Å². The average molecular weight is 620 g/mol. The number of nitrogens with zero attached hydrogens (tertiary/aromatic N) is 2. The summed E-state index contributed by atoms with van der Waals surface area (Å²) in [5.74, 6) is -3.07. The summed E-state index contributed by atoms with van der Waals surface area (Å²) in [4.78, 5) is 59.7. The van der Waals surface area contributed by atoms with Gasteiger partial charge >= 0.3 is 5.97 Å². The summed E-state index contributed by atoms with van der Waals surface area (Å²) in [5.41, 5.74) is -0.556. The molecule has 0 radical (unpaired) electrons. The van der Waals surface area contributed by atoms with E-state index in [1.807, 2.05) is 60.4 Å². The van der Waals surface area contributed by atoms with Crippen molar-refractivity contribution >= 4 is 23.7 Å². The first kappa shape index (κ1) is 31.5. The first-order valence-corrected chi connectivity index (χ1v) is 16.6. The van der Waals surface area contributed by atoms with Crippen molar-refractivity contribution in [2.75, 3.05) is 19.7 Å². The Hall–Kier alpha value is -3.50. The van der Waals surface area contributed by atoms with Crippen molar-refractivity contribution in [2.24, 2.45) is 11.8 Å². The van der Waals surface area contributed by atoms with E-state index in [1.54, 1.807) is 11.0 Å². The molecule has 242 valence electrons. The van der Waals surface area contributed by atoms with Crippen molar-refractivity contribution in [3.63, 3.8) is 0 Å². The minimum Gasteiger partial charge on any atom is -0.455 e. The number of nitrogens with one attached hydrogen (secondary N) is 1. The van der Waals surface area contributed by atoms with Crippen LogP contribution in [0.3, 0.4) is 0 Å². The van der Waals surface area contributed by atoms with E-state index in [2.05, 4.69) is 5.32 Å². The summed E-state index contributed by atoms with van der Waals surface area (Å²) in [6, 6.07) is 7.84. The van der Waals surface area contributed by atoms with Crippen LogP contribution in [0, 0.1) is 11.8 Å². The number of likely N-dealkylation sites (tertiary alicyclic amines) is 1. The molecule has 6 rings (SSSR count). The predicted octanol–water partition coefficient (Wildman–Crippen LogP) is 3.21. The molecule has 1 saturated carbocycles. The maximum atomic E-state index is 14.8. The molecule has 1 aromatic rings. The van der Waals surface area contributed by atoms with Crippen LogP contribution >= 0.6 is 0 Å². The van der Waals surface area contributed by atoms with Crippen LogP contribution in [0.15, 0.2) is 54.6 Å². The summed E-state index contributed by atoms with van der Waals surface area (Å²) in [6.45, 7) is 2.44. The van der Waals surface area contributed by atoms with Crippen LogP contribution in [-0.4, -0.2) is 88.1 Å². The Balaban J connectivity index is 1.40. The Kier molecular flexibility index (Phi) is 9.42. The average Bonchev–Trinajstić information content (AvgIpc) is 3.69. The molecule has 2 N–H and O–H groups in total. The van der Waals surface area contributed by atoms with Gasteiger partial charge in [-0.15, -0.1) is 0 Å². The maximum absolute atomic E-state index is 14.8. The number of carbonyl (C=O) groups excluding carboxylic acids is 4. The predicted molar refractivity (Wildman–Crippen MR) is 165 cm³/mol. The zero-order valence-corrected chi connectivity index (χ0v) is 26.0. The van der Waals surface area contributed by atoms with E-state index in [1.165, 1.54) is 0 Å². The Morgan fingerprint density at radius 2 is 1.78 bits per heavy atom. The molecule has 0 aromatic heterocycles. The molecule has 10 nitrogen and oxygen atoms in total. The summed E-state index contributed by atoms with van der Waals surface area (Å²) < 4.78 is 12.8. The lowest BCUT2D eigenvalue weighted by Gasteiger charge is -2.40. The first-order chi connectivity index (χ1) is 21.9. The highest BCUT2D eigenvalue weighted by Crippen LogP contribution is 2.56. The Labute approximate surface area is 264 Å². The van der Waals surface area contributed by atoms with Crippen LogP contribution in [0.5, 0.6) is 0 Å². The third kappa shape index (κ3) is 5.94. The van der Waals surface area contributed by atoms with E-state index in [9.17, 15) is 24.3 Å². The minimum atomic E-state index is -1.28. The Morgan fingerprint density at radius 3 is 2.53 bits per heavy atom. The van der Waals surface area contributed by atoms with Crippen molar-refractivity contribution in [3.05, 3.63) is 60.2 Å². The highest BCUT2D eigenvalue weighted by molar-refractivity contribution is 5.99. The van der Waals surface area contributed by atoms with Crippen LogP contribution < -0.4 is 5.32 Å². The van der Waals surface area contributed by atoms with E-state index >= 15 is 0 Å². The number of unbranched alkanes of at least 4 members (excludes halogenated alkanes) is 1. The number of fused-ring (bicyclic) bond motifs is 2. The summed E-state index contributed by atoms with van der Waals surface area (Å²) in [7, 11) is 0. The molecule has 0 unspecified atom stereocenters. The van der Waals surface area contributed by atoms with Gasteiger partial charge in [-0.2, -0.15) is 0 Å². The third-order valence-electron chi connectivity index (χ3n) is 10.2. The number of allylic oxidation sites excluding steroid dienone is 1. The first-order valence-electron chi connectivity index (χ1n) is 16.6. The second kappa shape index (κ2) is 13.5. The number of ether oxygens (including phenoxy) is 2. The van der Waals surface area contributed by atoms with Gasteiger partial charge in [0.25, 0.3) is 0 Å². The van der Waals surface area contributed by atoms with Gasteiger partial charge in [-0.3, -0.25) is 19.2 Å². The van der Waals surface area contributed by atoms with Gasteiger partial charge in [-0.25, -0.2) is 0 Å².